The minimum Gasteiger partial charge on any atom is -0.489 e. The molecule has 1 N–H and O–H groups in total. The lowest BCUT2D eigenvalue weighted by atomic mass is 10.0. The molecule has 0 amide bonds. The van der Waals surface area contributed by atoms with Crippen molar-refractivity contribution in [1.82, 2.24) is 0 Å². The molecule has 2 aromatic carbocycles. The van der Waals surface area contributed by atoms with Gasteiger partial charge in [0.25, 0.3) is 0 Å². The molecule has 4 heteroatoms. The third-order valence-electron chi connectivity index (χ3n) is 3.93. The van der Waals surface area contributed by atoms with Crippen molar-refractivity contribution < 1.29 is 19.0 Å². The number of fused-ring (bicyclic) bond motifs is 1. The Morgan fingerprint density at radius 3 is 2.65 bits per heavy atom. The molecule has 0 aromatic heterocycles. The largest absolute Gasteiger partial charge is 0.489 e. The number of ether oxygens (including phenoxy) is 1. The van der Waals surface area contributed by atoms with Gasteiger partial charge in [-0.15, -0.1) is 0 Å². The topological polar surface area (TPSA) is 46.5 Å². The molecule has 0 atom stereocenters. The minimum atomic E-state index is -0.865. The number of carboxylic acids is 1. The number of aliphatic carboxylic acids is 1. The first-order valence-corrected chi connectivity index (χ1v) is 7.56. The van der Waals surface area contributed by atoms with Gasteiger partial charge in [-0.3, -0.25) is 0 Å². The van der Waals surface area contributed by atoms with Gasteiger partial charge in [0.1, 0.15) is 18.2 Å². The van der Waals surface area contributed by atoms with Crippen molar-refractivity contribution in [2.24, 2.45) is 0 Å². The summed E-state index contributed by atoms with van der Waals surface area (Å²) >= 11 is 0. The van der Waals surface area contributed by atoms with Crippen molar-refractivity contribution >= 4 is 12.0 Å². The molecule has 0 aliphatic heterocycles. The lowest BCUT2D eigenvalue weighted by Crippen LogP contribution is -1.99. The highest BCUT2D eigenvalue weighted by atomic mass is 19.1. The Bertz CT molecular complexity index is 748. The van der Waals surface area contributed by atoms with E-state index in [-0.39, 0.29) is 5.82 Å². The average Bonchev–Trinajstić information content (AvgIpc) is 2.76. The second kappa shape index (κ2) is 6.65. The zero-order chi connectivity index (χ0) is 16.2. The fraction of sp³-hybridized carbons (Fsp3) is 0.211. The van der Waals surface area contributed by atoms with Crippen molar-refractivity contribution in [3.8, 4) is 5.75 Å². The number of carbonyl (C=O) groups is 1. The van der Waals surface area contributed by atoms with Crippen molar-refractivity contribution in [3.05, 3.63) is 70.5 Å². The SMILES string of the molecule is O=C(O)C1=Cc2cc(OCc3ccc(F)cc3)ccc2CCC1. The molecule has 3 nitrogen and oxygen atoms in total. The quantitative estimate of drug-likeness (QED) is 0.920. The van der Waals surface area contributed by atoms with Gasteiger partial charge in [0.2, 0.25) is 0 Å². The first kappa shape index (κ1) is 15.3. The lowest BCUT2D eigenvalue weighted by molar-refractivity contribution is -0.132. The monoisotopic (exact) mass is 312 g/mol. The maximum absolute atomic E-state index is 12.9. The Kier molecular flexibility index (Phi) is 4.42. The molecule has 1 aliphatic carbocycles. The van der Waals surface area contributed by atoms with Gasteiger partial charge in [0, 0.05) is 5.57 Å². The highest BCUT2D eigenvalue weighted by molar-refractivity contribution is 5.92. The van der Waals surface area contributed by atoms with Crippen molar-refractivity contribution in [2.75, 3.05) is 0 Å². The lowest BCUT2D eigenvalue weighted by Gasteiger charge is -2.10. The van der Waals surface area contributed by atoms with E-state index in [1.807, 2.05) is 18.2 Å². The average molecular weight is 312 g/mol. The third-order valence-corrected chi connectivity index (χ3v) is 3.93. The van der Waals surface area contributed by atoms with Gasteiger partial charge in [0.15, 0.2) is 0 Å². The van der Waals surface area contributed by atoms with Crippen LogP contribution in [0.5, 0.6) is 5.75 Å². The summed E-state index contributed by atoms with van der Waals surface area (Å²) < 4.78 is 18.6. The number of benzene rings is 2. The molecule has 3 rings (SSSR count). The molecule has 0 saturated heterocycles. The molecule has 0 spiro atoms. The smallest absolute Gasteiger partial charge is 0.331 e. The molecule has 0 bridgehead atoms. The summed E-state index contributed by atoms with van der Waals surface area (Å²) in [5.41, 5.74) is 3.34. The van der Waals surface area contributed by atoms with E-state index in [1.165, 1.54) is 12.1 Å². The zero-order valence-electron chi connectivity index (χ0n) is 12.6. The first-order valence-electron chi connectivity index (χ1n) is 7.56. The van der Waals surface area contributed by atoms with Crippen LogP contribution in [0.1, 0.15) is 29.5 Å². The Labute approximate surface area is 134 Å². The maximum atomic E-state index is 12.9. The van der Waals surface area contributed by atoms with Crippen LogP contribution in [0.2, 0.25) is 0 Å². The number of rotatable bonds is 4. The molecular weight excluding hydrogens is 295 g/mol. The van der Waals surface area contributed by atoms with Crippen LogP contribution in [0.4, 0.5) is 4.39 Å². The first-order chi connectivity index (χ1) is 11.1. The Hall–Kier alpha value is -2.62. The predicted molar refractivity (Wildman–Crippen MR) is 85.7 cm³/mol. The van der Waals surface area contributed by atoms with Crippen LogP contribution in [0.15, 0.2) is 48.0 Å². The fourth-order valence-corrected chi connectivity index (χ4v) is 2.67. The van der Waals surface area contributed by atoms with Crippen molar-refractivity contribution in [1.29, 1.82) is 0 Å². The highest BCUT2D eigenvalue weighted by Crippen LogP contribution is 2.27. The number of aryl methyl sites for hydroxylation is 1. The number of halogens is 1. The second-order valence-corrected chi connectivity index (χ2v) is 5.60. The van der Waals surface area contributed by atoms with E-state index in [1.54, 1.807) is 18.2 Å². The molecule has 1 aliphatic rings. The summed E-state index contributed by atoms with van der Waals surface area (Å²) in [7, 11) is 0. The Morgan fingerprint density at radius 2 is 1.91 bits per heavy atom. The summed E-state index contributed by atoms with van der Waals surface area (Å²) in [5.74, 6) is -0.462. The van der Waals surface area contributed by atoms with Crippen molar-refractivity contribution in [3.63, 3.8) is 0 Å². The van der Waals surface area contributed by atoms with Crippen LogP contribution in [0.25, 0.3) is 6.08 Å². The van der Waals surface area contributed by atoms with Crippen LogP contribution in [0, 0.1) is 5.82 Å². The van der Waals surface area contributed by atoms with Crippen LogP contribution in [-0.2, 0) is 17.8 Å². The summed E-state index contributed by atoms with van der Waals surface area (Å²) in [6.07, 6.45) is 4.01. The number of hydrogen-bond acceptors (Lipinski definition) is 2. The van der Waals surface area contributed by atoms with Gasteiger partial charge in [0.05, 0.1) is 0 Å². The van der Waals surface area contributed by atoms with Crippen molar-refractivity contribution in [2.45, 2.75) is 25.9 Å². The fourth-order valence-electron chi connectivity index (χ4n) is 2.67. The van der Waals surface area contributed by atoms with Gasteiger partial charge < -0.3 is 9.84 Å². The molecule has 23 heavy (non-hydrogen) atoms. The van der Waals surface area contributed by atoms with Crippen LogP contribution < -0.4 is 4.74 Å². The van der Waals surface area contributed by atoms with Crippen LogP contribution in [-0.4, -0.2) is 11.1 Å². The molecule has 118 valence electrons. The van der Waals surface area contributed by atoms with Gasteiger partial charge in [-0.2, -0.15) is 0 Å². The second-order valence-electron chi connectivity index (χ2n) is 5.60. The van der Waals surface area contributed by atoms with Gasteiger partial charge in [-0.25, -0.2) is 9.18 Å². The van der Waals surface area contributed by atoms with Gasteiger partial charge in [-0.1, -0.05) is 18.2 Å². The minimum absolute atomic E-state index is 0.273. The molecule has 2 aromatic rings. The molecule has 0 saturated carbocycles. The summed E-state index contributed by atoms with van der Waals surface area (Å²) in [6, 6.07) is 11.9. The zero-order valence-corrected chi connectivity index (χ0v) is 12.6. The standard InChI is InChI=1S/C19H17FO3/c20-17-7-4-13(5-8-17)12-23-18-9-6-14-2-1-3-15(19(21)22)10-16(14)11-18/h4-11H,1-3,12H2,(H,21,22). The van der Waals surface area contributed by atoms with Crippen LogP contribution in [0.3, 0.4) is 0 Å². The van der Waals surface area contributed by atoms with E-state index in [2.05, 4.69) is 0 Å². The molecule has 0 radical (unpaired) electrons. The van der Waals surface area contributed by atoms with Gasteiger partial charge in [-0.05, 0) is 66.3 Å². The maximum Gasteiger partial charge on any atom is 0.331 e. The Balaban J connectivity index is 1.78. The molecule has 0 heterocycles. The summed E-state index contributed by atoms with van der Waals surface area (Å²) in [6.45, 7) is 0.342. The van der Waals surface area contributed by atoms with Crippen LogP contribution >= 0.6 is 0 Å². The molecular formula is C19H17FO3. The number of hydrogen-bond donors (Lipinski definition) is 1. The third kappa shape index (κ3) is 3.77. The van der Waals surface area contributed by atoms with E-state index in [0.29, 0.717) is 24.4 Å². The predicted octanol–water partition coefficient (Wildman–Crippen LogP) is 4.21. The van der Waals surface area contributed by atoms with E-state index in [9.17, 15) is 14.3 Å². The summed E-state index contributed by atoms with van der Waals surface area (Å²) in [4.78, 5) is 11.2. The van der Waals surface area contributed by atoms with E-state index >= 15 is 0 Å². The van der Waals surface area contributed by atoms with E-state index in [4.69, 9.17) is 4.74 Å². The van der Waals surface area contributed by atoms with E-state index in [0.717, 1.165) is 29.5 Å². The highest BCUT2D eigenvalue weighted by Gasteiger charge is 2.14. The Morgan fingerprint density at radius 1 is 1.13 bits per heavy atom. The summed E-state index contributed by atoms with van der Waals surface area (Å²) in [5, 5.41) is 9.20. The normalized spacial score (nSPS) is 13.7. The molecule has 0 fully saturated rings. The molecule has 0 unspecified atom stereocenters. The van der Waals surface area contributed by atoms with E-state index < -0.39 is 5.97 Å². The number of carboxylic acid groups (broad SMARTS) is 1. The van der Waals surface area contributed by atoms with Gasteiger partial charge >= 0.3 is 5.97 Å².